The van der Waals surface area contributed by atoms with Crippen LogP contribution in [0, 0.1) is 6.92 Å². The van der Waals surface area contributed by atoms with Crippen LogP contribution in [0.25, 0.3) is 0 Å². The average Bonchev–Trinajstić information content (AvgIpc) is 2.74. The maximum atomic E-state index is 2.40. The molecular formula is C26H25P. The van der Waals surface area contributed by atoms with Crippen molar-refractivity contribution in [3.8, 4) is 0 Å². The monoisotopic (exact) mass is 368 g/mol. The van der Waals surface area contributed by atoms with Crippen molar-refractivity contribution in [2.75, 3.05) is 0 Å². The number of hydrogen-bond donors (Lipinski definition) is 0. The van der Waals surface area contributed by atoms with Gasteiger partial charge in [-0.05, 0) is 0 Å². The van der Waals surface area contributed by atoms with Gasteiger partial charge in [0.25, 0.3) is 0 Å². The summed E-state index contributed by atoms with van der Waals surface area (Å²) in [5.74, 6) is 0. The summed E-state index contributed by atoms with van der Waals surface area (Å²) in [5.41, 5.74) is 2.72. The fourth-order valence-electron chi connectivity index (χ4n) is 4.06. The van der Waals surface area contributed by atoms with Gasteiger partial charge in [-0.1, -0.05) is 0 Å². The molecular weight excluding hydrogens is 343 g/mol. The quantitative estimate of drug-likeness (QED) is 0.424. The summed E-state index contributed by atoms with van der Waals surface area (Å²) in [6.07, 6.45) is 1.06. The summed E-state index contributed by atoms with van der Waals surface area (Å²) < 4.78 is 0. The molecule has 0 aliphatic rings. The van der Waals surface area contributed by atoms with Gasteiger partial charge in [0.1, 0.15) is 0 Å². The zero-order chi connectivity index (χ0) is 18.5. The first kappa shape index (κ1) is 17.7. The number of rotatable bonds is 5. The van der Waals surface area contributed by atoms with Gasteiger partial charge >= 0.3 is 163 Å². The molecule has 0 unspecified atom stereocenters. The van der Waals surface area contributed by atoms with Gasteiger partial charge in [-0.2, -0.15) is 0 Å². The van der Waals surface area contributed by atoms with Crippen LogP contribution in [0.1, 0.15) is 11.1 Å². The van der Waals surface area contributed by atoms with Crippen molar-refractivity contribution in [2.45, 2.75) is 13.1 Å². The molecule has 4 rings (SSSR count). The third kappa shape index (κ3) is 3.59. The first-order valence-corrected chi connectivity index (χ1v) is 11.7. The minimum absolute atomic E-state index is 1.06. The van der Waals surface area contributed by atoms with Crippen molar-refractivity contribution in [1.82, 2.24) is 0 Å². The van der Waals surface area contributed by atoms with E-state index < -0.39 is 7.26 Å². The Bertz CT molecular complexity index is 952. The SMILES string of the molecule is Cc1cccc([PH](Cc2ccccc2)(c2ccccc2)c2ccccc2)c1. The van der Waals surface area contributed by atoms with Gasteiger partial charge in [-0.15, -0.1) is 0 Å². The van der Waals surface area contributed by atoms with Crippen molar-refractivity contribution < 1.29 is 0 Å². The zero-order valence-corrected chi connectivity index (χ0v) is 16.7. The van der Waals surface area contributed by atoms with Crippen LogP contribution < -0.4 is 15.9 Å². The Morgan fingerprint density at radius 2 is 1.00 bits per heavy atom. The molecule has 0 saturated carbocycles. The van der Waals surface area contributed by atoms with E-state index in [4.69, 9.17) is 0 Å². The molecule has 0 radical (unpaired) electrons. The first-order chi connectivity index (χ1) is 13.3. The summed E-state index contributed by atoms with van der Waals surface area (Å²) in [6.45, 7) is 2.20. The average molecular weight is 368 g/mol. The maximum absolute atomic E-state index is 2.40. The Balaban J connectivity index is 2.02. The van der Waals surface area contributed by atoms with Gasteiger partial charge in [-0.25, -0.2) is 0 Å². The van der Waals surface area contributed by atoms with E-state index in [1.807, 2.05) is 0 Å². The predicted octanol–water partition coefficient (Wildman–Crippen LogP) is 5.22. The summed E-state index contributed by atoms with van der Waals surface area (Å²) in [6, 6.07) is 42.3. The number of benzene rings is 4. The second-order valence-corrected chi connectivity index (χ2v) is 11.1. The summed E-state index contributed by atoms with van der Waals surface area (Å²) in [5, 5.41) is 4.40. The van der Waals surface area contributed by atoms with Gasteiger partial charge in [0.05, 0.1) is 0 Å². The van der Waals surface area contributed by atoms with Crippen molar-refractivity contribution in [3.63, 3.8) is 0 Å². The van der Waals surface area contributed by atoms with Gasteiger partial charge in [0, 0.05) is 0 Å². The molecule has 0 aromatic heterocycles. The van der Waals surface area contributed by atoms with E-state index in [0.29, 0.717) is 0 Å². The summed E-state index contributed by atoms with van der Waals surface area (Å²) >= 11 is 0. The van der Waals surface area contributed by atoms with Gasteiger partial charge in [-0.3, -0.25) is 0 Å². The number of aryl methyl sites for hydroxylation is 1. The molecule has 0 aliphatic heterocycles. The fourth-order valence-corrected chi connectivity index (χ4v) is 8.90. The molecule has 134 valence electrons. The summed E-state index contributed by atoms with van der Waals surface area (Å²) in [4.78, 5) is 0. The van der Waals surface area contributed by atoms with Crippen molar-refractivity contribution >= 4 is 23.2 Å². The van der Waals surface area contributed by atoms with Crippen LogP contribution in [-0.4, -0.2) is 0 Å². The van der Waals surface area contributed by atoms with Crippen molar-refractivity contribution in [3.05, 3.63) is 126 Å². The molecule has 0 nitrogen and oxygen atoms in total. The number of hydrogen-bond acceptors (Lipinski definition) is 0. The molecule has 0 bridgehead atoms. The van der Waals surface area contributed by atoms with Gasteiger partial charge < -0.3 is 0 Å². The Labute approximate surface area is 162 Å². The van der Waals surface area contributed by atoms with E-state index in [0.717, 1.165) is 6.16 Å². The molecule has 0 spiro atoms. The molecule has 0 heterocycles. The molecule has 0 saturated heterocycles. The molecule has 0 aliphatic carbocycles. The van der Waals surface area contributed by atoms with Crippen LogP contribution in [0.5, 0.6) is 0 Å². The Kier molecular flexibility index (Phi) is 5.19. The van der Waals surface area contributed by atoms with Crippen LogP contribution in [0.4, 0.5) is 0 Å². The van der Waals surface area contributed by atoms with E-state index in [9.17, 15) is 0 Å². The second kappa shape index (κ2) is 7.91. The van der Waals surface area contributed by atoms with Crippen molar-refractivity contribution in [1.29, 1.82) is 0 Å². The minimum atomic E-state index is -2.20. The predicted molar refractivity (Wildman–Crippen MR) is 121 cm³/mol. The topological polar surface area (TPSA) is 0 Å². The first-order valence-electron chi connectivity index (χ1n) is 9.51. The molecule has 0 fully saturated rings. The normalized spacial score (nSPS) is 11.9. The zero-order valence-electron chi connectivity index (χ0n) is 15.7. The molecule has 0 amide bonds. The van der Waals surface area contributed by atoms with Crippen molar-refractivity contribution in [2.24, 2.45) is 0 Å². The van der Waals surface area contributed by atoms with Gasteiger partial charge in [0.2, 0.25) is 0 Å². The second-order valence-electron chi connectivity index (χ2n) is 7.17. The Hall–Kier alpha value is -2.69. The van der Waals surface area contributed by atoms with Gasteiger partial charge in [0.15, 0.2) is 0 Å². The standard InChI is InChI=1S/C26H25P/c1-22-12-11-19-26(20-22)27(24-15-7-3-8-16-24,25-17-9-4-10-18-25)21-23-13-5-2-6-14-23/h2-20,27H,21H2,1H3. The molecule has 0 atom stereocenters. The van der Waals surface area contributed by atoms with Crippen LogP contribution in [-0.2, 0) is 6.16 Å². The molecule has 4 aromatic rings. The van der Waals surface area contributed by atoms with Crippen LogP contribution in [0.3, 0.4) is 0 Å². The van der Waals surface area contributed by atoms with Crippen LogP contribution in [0.2, 0.25) is 0 Å². The molecule has 1 heteroatoms. The molecule has 0 N–H and O–H groups in total. The summed E-state index contributed by atoms with van der Waals surface area (Å²) in [7, 11) is -2.20. The Morgan fingerprint density at radius 1 is 0.519 bits per heavy atom. The van der Waals surface area contributed by atoms with E-state index in [1.54, 1.807) is 0 Å². The third-order valence-electron chi connectivity index (χ3n) is 5.36. The fraction of sp³-hybridized carbons (Fsp3) is 0.0769. The third-order valence-corrected chi connectivity index (χ3v) is 10.2. The van der Waals surface area contributed by atoms with E-state index in [-0.39, 0.29) is 0 Å². The molecule has 4 aromatic carbocycles. The van der Waals surface area contributed by atoms with Crippen LogP contribution >= 0.6 is 7.26 Å². The van der Waals surface area contributed by atoms with Crippen LogP contribution in [0.15, 0.2) is 115 Å². The van der Waals surface area contributed by atoms with E-state index in [2.05, 4.69) is 122 Å². The van der Waals surface area contributed by atoms with E-state index in [1.165, 1.54) is 27.0 Å². The van der Waals surface area contributed by atoms with E-state index >= 15 is 0 Å². The molecule has 27 heavy (non-hydrogen) atoms. The Morgan fingerprint density at radius 3 is 1.52 bits per heavy atom.